The summed E-state index contributed by atoms with van der Waals surface area (Å²) in [6.07, 6.45) is 1.47. The smallest absolute Gasteiger partial charge is 0.264 e. The predicted octanol–water partition coefficient (Wildman–Crippen LogP) is 2.46. The van der Waals surface area contributed by atoms with E-state index in [1.165, 1.54) is 22.2 Å². The van der Waals surface area contributed by atoms with Crippen LogP contribution in [0.4, 0.5) is 0 Å². The van der Waals surface area contributed by atoms with Gasteiger partial charge in [0.15, 0.2) is 0 Å². The Morgan fingerprint density at radius 1 is 1.26 bits per heavy atom. The maximum Gasteiger partial charge on any atom is 0.264 e. The second-order valence-electron chi connectivity index (χ2n) is 6.15. The zero-order chi connectivity index (χ0) is 19.6. The standard InChI is InChI=1S/C19H21N3O4S/c1-12-15-17(20-11-22(3)18(15)23)27-16(12)19(24)21(2)9-10-26-14-7-5-13(25-4)6-8-14/h5-8,11H,9-10H2,1-4H3. The van der Waals surface area contributed by atoms with Gasteiger partial charge >= 0.3 is 0 Å². The molecule has 2 heterocycles. The number of amides is 1. The summed E-state index contributed by atoms with van der Waals surface area (Å²) >= 11 is 1.25. The summed E-state index contributed by atoms with van der Waals surface area (Å²) < 4.78 is 12.2. The van der Waals surface area contributed by atoms with Crippen LogP contribution in [0.1, 0.15) is 15.2 Å². The second kappa shape index (κ2) is 7.79. The number of carbonyl (C=O) groups excluding carboxylic acids is 1. The lowest BCUT2D eigenvalue weighted by molar-refractivity contribution is 0.0778. The summed E-state index contributed by atoms with van der Waals surface area (Å²) in [5.74, 6) is 1.33. The predicted molar refractivity (Wildman–Crippen MR) is 105 cm³/mol. The molecule has 1 amide bonds. The second-order valence-corrected chi connectivity index (χ2v) is 7.15. The van der Waals surface area contributed by atoms with Crippen LogP contribution < -0.4 is 15.0 Å². The molecule has 0 atom stereocenters. The molecule has 27 heavy (non-hydrogen) atoms. The number of aromatic nitrogens is 2. The molecule has 7 nitrogen and oxygen atoms in total. The molecule has 3 rings (SSSR count). The summed E-state index contributed by atoms with van der Waals surface area (Å²) in [6, 6.07) is 7.27. The molecule has 0 aliphatic rings. The van der Waals surface area contributed by atoms with Gasteiger partial charge in [0.25, 0.3) is 11.5 Å². The molecule has 0 saturated heterocycles. The normalized spacial score (nSPS) is 10.8. The molecule has 0 unspecified atom stereocenters. The van der Waals surface area contributed by atoms with E-state index in [4.69, 9.17) is 9.47 Å². The van der Waals surface area contributed by atoms with Crippen LogP contribution in [-0.4, -0.2) is 47.7 Å². The van der Waals surface area contributed by atoms with Crippen molar-refractivity contribution >= 4 is 27.5 Å². The van der Waals surface area contributed by atoms with Crippen LogP contribution in [0.3, 0.4) is 0 Å². The zero-order valence-electron chi connectivity index (χ0n) is 15.7. The number of ether oxygens (including phenoxy) is 2. The van der Waals surface area contributed by atoms with Gasteiger partial charge in [-0.2, -0.15) is 0 Å². The van der Waals surface area contributed by atoms with Gasteiger partial charge in [-0.3, -0.25) is 9.59 Å². The fraction of sp³-hybridized carbons (Fsp3) is 0.316. The van der Waals surface area contributed by atoms with E-state index in [1.807, 2.05) is 24.3 Å². The van der Waals surface area contributed by atoms with Crippen LogP contribution in [0.25, 0.3) is 10.2 Å². The minimum Gasteiger partial charge on any atom is -0.497 e. The minimum atomic E-state index is -0.143. The highest BCUT2D eigenvalue weighted by Crippen LogP contribution is 2.27. The SMILES string of the molecule is COc1ccc(OCCN(C)C(=O)c2sc3ncn(C)c(=O)c3c2C)cc1. The van der Waals surface area contributed by atoms with E-state index >= 15 is 0 Å². The number of aryl methyl sites for hydroxylation is 2. The highest BCUT2D eigenvalue weighted by molar-refractivity contribution is 7.20. The first-order valence-corrected chi connectivity index (χ1v) is 9.21. The summed E-state index contributed by atoms with van der Waals surface area (Å²) in [5.41, 5.74) is 0.537. The van der Waals surface area contributed by atoms with Crippen molar-refractivity contribution in [2.75, 3.05) is 27.3 Å². The summed E-state index contributed by atoms with van der Waals surface area (Å²) in [7, 11) is 4.98. The van der Waals surface area contributed by atoms with Gasteiger partial charge in [-0.25, -0.2) is 4.98 Å². The molecule has 0 N–H and O–H groups in total. The lowest BCUT2D eigenvalue weighted by Crippen LogP contribution is -2.30. The van der Waals surface area contributed by atoms with E-state index in [1.54, 1.807) is 33.0 Å². The number of nitrogens with zero attached hydrogens (tertiary/aromatic N) is 3. The lowest BCUT2D eigenvalue weighted by atomic mass is 10.2. The van der Waals surface area contributed by atoms with Crippen LogP contribution in [0.15, 0.2) is 35.4 Å². The fourth-order valence-electron chi connectivity index (χ4n) is 2.66. The first-order chi connectivity index (χ1) is 12.9. The Morgan fingerprint density at radius 3 is 2.59 bits per heavy atom. The molecular formula is C19H21N3O4S. The monoisotopic (exact) mass is 387 g/mol. The molecule has 8 heteroatoms. The number of carbonyl (C=O) groups is 1. The first-order valence-electron chi connectivity index (χ1n) is 8.39. The highest BCUT2D eigenvalue weighted by atomic mass is 32.1. The van der Waals surface area contributed by atoms with Crippen LogP contribution in [0, 0.1) is 6.92 Å². The molecule has 0 fully saturated rings. The molecule has 1 aromatic carbocycles. The first kappa shape index (κ1) is 18.9. The van der Waals surface area contributed by atoms with Gasteiger partial charge in [-0.1, -0.05) is 0 Å². The maximum atomic E-state index is 12.8. The zero-order valence-corrected chi connectivity index (χ0v) is 16.5. The van der Waals surface area contributed by atoms with Crippen LogP contribution in [0.5, 0.6) is 11.5 Å². The number of hydrogen-bond acceptors (Lipinski definition) is 6. The molecule has 0 saturated carbocycles. The average Bonchev–Trinajstić information content (AvgIpc) is 3.01. The Morgan fingerprint density at radius 2 is 1.93 bits per heavy atom. The van der Waals surface area contributed by atoms with E-state index in [9.17, 15) is 9.59 Å². The van der Waals surface area contributed by atoms with Crippen LogP contribution >= 0.6 is 11.3 Å². The molecule has 0 spiro atoms. The van der Waals surface area contributed by atoms with Crippen molar-refractivity contribution in [3.63, 3.8) is 0 Å². The third kappa shape index (κ3) is 3.80. The Balaban J connectivity index is 1.68. The van der Waals surface area contributed by atoms with Gasteiger partial charge < -0.3 is 18.9 Å². The Kier molecular flexibility index (Phi) is 5.46. The number of hydrogen-bond donors (Lipinski definition) is 0. The van der Waals surface area contributed by atoms with Crippen molar-refractivity contribution in [3.8, 4) is 11.5 Å². The molecule has 0 aliphatic heterocycles. The minimum absolute atomic E-state index is 0.140. The van der Waals surface area contributed by atoms with E-state index in [0.717, 1.165) is 5.75 Å². The molecule has 3 aromatic rings. The van der Waals surface area contributed by atoms with Gasteiger partial charge in [-0.05, 0) is 36.8 Å². The van der Waals surface area contributed by atoms with Crippen molar-refractivity contribution in [2.45, 2.75) is 6.92 Å². The third-order valence-electron chi connectivity index (χ3n) is 4.31. The largest absolute Gasteiger partial charge is 0.497 e. The lowest BCUT2D eigenvalue weighted by Gasteiger charge is -2.17. The van der Waals surface area contributed by atoms with Gasteiger partial charge in [0, 0.05) is 14.1 Å². The highest BCUT2D eigenvalue weighted by Gasteiger charge is 2.21. The molecule has 0 bridgehead atoms. The topological polar surface area (TPSA) is 73.7 Å². The Labute approximate surface area is 160 Å². The van der Waals surface area contributed by atoms with Crippen molar-refractivity contribution in [1.82, 2.24) is 14.5 Å². The molecule has 0 radical (unpaired) electrons. The summed E-state index contributed by atoms with van der Waals surface area (Å²) in [5, 5.41) is 0.510. The van der Waals surface area contributed by atoms with E-state index in [2.05, 4.69) is 4.98 Å². The van der Waals surface area contributed by atoms with Gasteiger partial charge in [0.1, 0.15) is 22.9 Å². The number of rotatable bonds is 6. The van der Waals surface area contributed by atoms with Crippen molar-refractivity contribution in [2.24, 2.45) is 7.05 Å². The van der Waals surface area contributed by atoms with E-state index in [0.29, 0.717) is 39.6 Å². The quantitative estimate of drug-likeness (QED) is 0.650. The molecular weight excluding hydrogens is 366 g/mol. The third-order valence-corrected chi connectivity index (χ3v) is 5.49. The van der Waals surface area contributed by atoms with Gasteiger partial charge in [-0.15, -0.1) is 11.3 Å². The number of fused-ring (bicyclic) bond motifs is 1. The molecule has 0 aliphatic carbocycles. The summed E-state index contributed by atoms with van der Waals surface area (Å²) in [6.45, 7) is 2.57. The van der Waals surface area contributed by atoms with Crippen molar-refractivity contribution < 1.29 is 14.3 Å². The number of thiophene rings is 1. The van der Waals surface area contributed by atoms with E-state index < -0.39 is 0 Å². The van der Waals surface area contributed by atoms with Crippen molar-refractivity contribution in [1.29, 1.82) is 0 Å². The van der Waals surface area contributed by atoms with E-state index in [-0.39, 0.29) is 11.5 Å². The van der Waals surface area contributed by atoms with Crippen molar-refractivity contribution in [3.05, 3.63) is 51.4 Å². The molecule has 142 valence electrons. The van der Waals surface area contributed by atoms with Crippen LogP contribution in [0.2, 0.25) is 0 Å². The number of likely N-dealkylation sites (N-methyl/N-ethyl adjacent to an activating group) is 1. The average molecular weight is 387 g/mol. The maximum absolute atomic E-state index is 12.8. The number of methoxy groups -OCH3 is 1. The Hall–Kier alpha value is -2.87. The number of benzene rings is 1. The van der Waals surface area contributed by atoms with Crippen LogP contribution in [-0.2, 0) is 7.05 Å². The summed E-state index contributed by atoms with van der Waals surface area (Å²) in [4.78, 5) is 32.1. The fourth-order valence-corrected chi connectivity index (χ4v) is 3.79. The van der Waals surface area contributed by atoms with Gasteiger partial charge in [0.05, 0.1) is 30.2 Å². The molecule has 2 aromatic heterocycles. The Bertz CT molecular complexity index is 1020. The van der Waals surface area contributed by atoms with Gasteiger partial charge in [0.2, 0.25) is 0 Å².